The van der Waals surface area contributed by atoms with E-state index in [-0.39, 0.29) is 17.9 Å². The van der Waals surface area contributed by atoms with Crippen molar-refractivity contribution in [3.63, 3.8) is 0 Å². The first-order valence-electron chi connectivity index (χ1n) is 8.80. The van der Waals surface area contributed by atoms with Crippen molar-refractivity contribution in [1.82, 2.24) is 9.80 Å². The predicted molar refractivity (Wildman–Crippen MR) is 96.8 cm³/mol. The molecule has 26 heavy (non-hydrogen) atoms. The molecule has 138 valence electrons. The number of rotatable bonds is 4. The molecule has 1 aromatic carbocycles. The standard InChI is InChI=1S/C19H24N4O3/c1-22-17(24)10-16(23-8-4-6-13(20)11-23)15(19(22)26)9-12-5-2-3-7-14(12)18(21)25/h2-3,5,7,10,13,15H,4,6,8-9,11,20H2,1H3,(H2,21,25)/t13-,15?/m1/s1. The molecular formula is C19H24N4O3. The number of likely N-dealkylation sites (tertiary alicyclic amines) is 1. The van der Waals surface area contributed by atoms with Crippen molar-refractivity contribution in [1.29, 1.82) is 0 Å². The number of primary amides is 1. The SMILES string of the molecule is CN1C(=O)C=C(N2CCC[C@@H](N)C2)C(Cc2ccccc2C(N)=O)C1=O. The van der Waals surface area contributed by atoms with Gasteiger partial charge < -0.3 is 16.4 Å². The Kier molecular flexibility index (Phi) is 5.08. The summed E-state index contributed by atoms with van der Waals surface area (Å²) in [5.74, 6) is -1.67. The molecule has 1 unspecified atom stereocenters. The van der Waals surface area contributed by atoms with E-state index in [1.807, 2.05) is 11.0 Å². The summed E-state index contributed by atoms with van der Waals surface area (Å²) in [5, 5.41) is 0. The van der Waals surface area contributed by atoms with Crippen LogP contribution in [0.15, 0.2) is 36.0 Å². The van der Waals surface area contributed by atoms with E-state index in [2.05, 4.69) is 0 Å². The van der Waals surface area contributed by atoms with E-state index in [0.717, 1.165) is 24.3 Å². The van der Waals surface area contributed by atoms with Gasteiger partial charge in [-0.05, 0) is 30.9 Å². The third kappa shape index (κ3) is 3.48. The molecular weight excluding hydrogens is 332 g/mol. The fraction of sp³-hybridized carbons (Fsp3) is 0.421. The van der Waals surface area contributed by atoms with Gasteiger partial charge in [0.15, 0.2) is 0 Å². The molecule has 2 aliphatic rings. The maximum Gasteiger partial charge on any atom is 0.254 e. The number of carbonyl (C=O) groups excluding carboxylic acids is 3. The van der Waals surface area contributed by atoms with Crippen molar-refractivity contribution < 1.29 is 14.4 Å². The monoisotopic (exact) mass is 356 g/mol. The lowest BCUT2D eigenvalue weighted by Crippen LogP contribution is -2.50. The Morgan fingerprint density at radius 1 is 1.27 bits per heavy atom. The van der Waals surface area contributed by atoms with Gasteiger partial charge >= 0.3 is 0 Å². The van der Waals surface area contributed by atoms with E-state index in [0.29, 0.717) is 29.8 Å². The lowest BCUT2D eigenvalue weighted by atomic mass is 9.88. The molecule has 0 bridgehead atoms. The van der Waals surface area contributed by atoms with Gasteiger partial charge in [0, 0.05) is 43.5 Å². The first kappa shape index (κ1) is 18.1. The number of hydrogen-bond acceptors (Lipinski definition) is 5. The van der Waals surface area contributed by atoms with Crippen molar-refractivity contribution in [3.8, 4) is 0 Å². The molecule has 4 N–H and O–H groups in total. The highest BCUT2D eigenvalue weighted by molar-refractivity contribution is 6.06. The van der Waals surface area contributed by atoms with Gasteiger partial charge in [0.1, 0.15) is 0 Å². The lowest BCUT2D eigenvalue weighted by molar-refractivity contribution is -0.144. The zero-order valence-corrected chi connectivity index (χ0v) is 14.9. The fourth-order valence-corrected chi connectivity index (χ4v) is 3.70. The number of likely N-dealkylation sites (N-methyl/N-ethyl adjacent to an activating group) is 1. The van der Waals surface area contributed by atoms with Crippen LogP contribution in [0.1, 0.15) is 28.8 Å². The van der Waals surface area contributed by atoms with Crippen LogP contribution in [0.3, 0.4) is 0 Å². The van der Waals surface area contributed by atoms with E-state index in [1.54, 1.807) is 18.2 Å². The molecule has 3 rings (SSSR count). The van der Waals surface area contributed by atoms with Crippen LogP contribution >= 0.6 is 0 Å². The summed E-state index contributed by atoms with van der Waals surface area (Å²) in [6, 6.07) is 7.02. The van der Waals surface area contributed by atoms with Crippen molar-refractivity contribution in [2.45, 2.75) is 25.3 Å². The molecule has 2 heterocycles. The van der Waals surface area contributed by atoms with Crippen LogP contribution in [0.25, 0.3) is 0 Å². The minimum atomic E-state index is -0.538. The summed E-state index contributed by atoms with van der Waals surface area (Å²) in [5.41, 5.74) is 13.3. The first-order chi connectivity index (χ1) is 12.4. The normalized spacial score (nSPS) is 23.8. The van der Waals surface area contributed by atoms with Crippen LogP contribution in [0, 0.1) is 5.92 Å². The molecule has 0 spiro atoms. The first-order valence-corrected chi connectivity index (χ1v) is 8.80. The van der Waals surface area contributed by atoms with Gasteiger partial charge in [-0.25, -0.2) is 0 Å². The second-order valence-corrected chi connectivity index (χ2v) is 6.93. The maximum atomic E-state index is 12.8. The highest BCUT2D eigenvalue weighted by Gasteiger charge is 2.37. The van der Waals surface area contributed by atoms with Gasteiger partial charge in [-0.2, -0.15) is 0 Å². The van der Waals surface area contributed by atoms with Crippen LogP contribution in [-0.2, 0) is 16.0 Å². The summed E-state index contributed by atoms with van der Waals surface area (Å²) >= 11 is 0. The Bertz CT molecular complexity index is 774. The van der Waals surface area contributed by atoms with Gasteiger partial charge in [0.25, 0.3) is 5.91 Å². The Labute approximate surface area is 152 Å². The second-order valence-electron chi connectivity index (χ2n) is 6.93. The Hall–Kier alpha value is -2.67. The van der Waals surface area contributed by atoms with Crippen LogP contribution in [0.5, 0.6) is 0 Å². The summed E-state index contributed by atoms with van der Waals surface area (Å²) in [6.45, 7) is 1.38. The molecule has 0 radical (unpaired) electrons. The smallest absolute Gasteiger partial charge is 0.254 e. The number of nitrogens with two attached hydrogens (primary N) is 2. The molecule has 7 nitrogen and oxygen atoms in total. The number of hydrogen-bond donors (Lipinski definition) is 2. The molecule has 1 saturated heterocycles. The molecule has 0 saturated carbocycles. The topological polar surface area (TPSA) is 110 Å². The second kappa shape index (κ2) is 7.29. The van der Waals surface area contributed by atoms with Crippen molar-refractivity contribution in [2.75, 3.05) is 20.1 Å². The van der Waals surface area contributed by atoms with E-state index < -0.39 is 11.8 Å². The van der Waals surface area contributed by atoms with Crippen LogP contribution in [0.2, 0.25) is 0 Å². The van der Waals surface area contributed by atoms with E-state index in [1.165, 1.54) is 13.1 Å². The molecule has 1 fully saturated rings. The Morgan fingerprint density at radius 3 is 2.69 bits per heavy atom. The molecule has 7 heteroatoms. The largest absolute Gasteiger partial charge is 0.372 e. The molecule has 0 aliphatic carbocycles. The summed E-state index contributed by atoms with van der Waals surface area (Å²) in [6.07, 6.45) is 3.69. The van der Waals surface area contributed by atoms with E-state index in [9.17, 15) is 14.4 Å². The number of imide groups is 1. The van der Waals surface area contributed by atoms with Crippen LogP contribution in [0.4, 0.5) is 0 Å². The number of nitrogens with zero attached hydrogens (tertiary/aromatic N) is 2. The molecule has 1 aromatic rings. The minimum absolute atomic E-state index is 0.0214. The average molecular weight is 356 g/mol. The summed E-state index contributed by atoms with van der Waals surface area (Å²) < 4.78 is 0. The number of carbonyl (C=O) groups is 3. The molecule has 0 aromatic heterocycles. The highest BCUT2D eigenvalue weighted by atomic mass is 16.2. The number of benzene rings is 1. The number of piperidine rings is 1. The predicted octanol–water partition coefficient (Wildman–Crippen LogP) is 0.250. The quantitative estimate of drug-likeness (QED) is 0.752. The van der Waals surface area contributed by atoms with Gasteiger partial charge in [0.2, 0.25) is 11.8 Å². The van der Waals surface area contributed by atoms with Crippen molar-refractivity contribution in [2.24, 2.45) is 17.4 Å². The maximum absolute atomic E-state index is 12.8. The zero-order chi connectivity index (χ0) is 18.8. The van der Waals surface area contributed by atoms with Gasteiger partial charge in [0.05, 0.1) is 5.92 Å². The van der Waals surface area contributed by atoms with E-state index >= 15 is 0 Å². The van der Waals surface area contributed by atoms with Gasteiger partial charge in [-0.3, -0.25) is 19.3 Å². The Balaban J connectivity index is 1.96. The van der Waals surface area contributed by atoms with E-state index in [4.69, 9.17) is 11.5 Å². The number of amides is 3. The fourth-order valence-electron chi connectivity index (χ4n) is 3.70. The van der Waals surface area contributed by atoms with Crippen LogP contribution in [-0.4, -0.2) is 53.7 Å². The average Bonchev–Trinajstić information content (AvgIpc) is 2.62. The minimum Gasteiger partial charge on any atom is -0.372 e. The summed E-state index contributed by atoms with van der Waals surface area (Å²) in [7, 11) is 1.48. The van der Waals surface area contributed by atoms with Gasteiger partial charge in [-0.1, -0.05) is 18.2 Å². The zero-order valence-electron chi connectivity index (χ0n) is 14.9. The third-order valence-corrected chi connectivity index (χ3v) is 5.12. The summed E-state index contributed by atoms with van der Waals surface area (Å²) in [4.78, 5) is 39.9. The molecule has 2 aliphatic heterocycles. The third-order valence-electron chi connectivity index (χ3n) is 5.12. The van der Waals surface area contributed by atoms with Gasteiger partial charge in [-0.15, -0.1) is 0 Å². The highest BCUT2D eigenvalue weighted by Crippen LogP contribution is 2.29. The molecule has 2 atom stereocenters. The lowest BCUT2D eigenvalue weighted by Gasteiger charge is -2.40. The molecule has 3 amide bonds. The van der Waals surface area contributed by atoms with Crippen LogP contribution < -0.4 is 11.5 Å². The van der Waals surface area contributed by atoms with Crippen molar-refractivity contribution >= 4 is 17.7 Å². The Morgan fingerprint density at radius 2 is 2.00 bits per heavy atom. The van der Waals surface area contributed by atoms with Crippen molar-refractivity contribution in [3.05, 3.63) is 47.2 Å².